The van der Waals surface area contributed by atoms with Crippen LogP contribution in [-0.2, 0) is 27.1 Å². The van der Waals surface area contributed by atoms with E-state index in [0.717, 1.165) is 17.9 Å². The molecule has 4 unspecified atom stereocenters. The highest BCUT2D eigenvalue weighted by molar-refractivity contribution is 6.03. The Hall–Kier alpha value is -7.68. The number of benzene rings is 8. The number of nitrogens with zero attached hydrogens (tertiary/aromatic N) is 1. The van der Waals surface area contributed by atoms with Crippen LogP contribution < -0.4 is 9.64 Å². The van der Waals surface area contributed by atoms with Gasteiger partial charge in [-0.05, 0) is 153 Å². The molecule has 8 aromatic rings. The number of allylic oxidation sites excluding steroid dienone is 6. The van der Waals surface area contributed by atoms with E-state index in [-0.39, 0.29) is 39.5 Å². The Morgan fingerprint density at radius 1 is 0.439 bits per heavy atom. The smallest absolute Gasteiger partial charge is 0.131 e. The molecule has 0 aromatic heterocycles. The molecule has 2 nitrogen and oxygen atoms in total. The molecule has 82 heavy (non-hydrogen) atoms. The Morgan fingerprint density at radius 3 is 1.59 bits per heavy atom. The summed E-state index contributed by atoms with van der Waals surface area (Å²) in [6.45, 7) is 33.1. The van der Waals surface area contributed by atoms with Gasteiger partial charge in [0.2, 0.25) is 0 Å². The summed E-state index contributed by atoms with van der Waals surface area (Å²) < 4.78 is 7.27. The number of fused-ring (bicyclic) bond motifs is 18. The van der Waals surface area contributed by atoms with E-state index in [2.05, 4.69) is 296 Å². The highest BCUT2D eigenvalue weighted by atomic mass is 16.5. The fourth-order valence-electron chi connectivity index (χ4n) is 15.5. The summed E-state index contributed by atoms with van der Waals surface area (Å²) in [5.74, 6) is 2.41. The molecule has 1 aliphatic heterocycles. The van der Waals surface area contributed by atoms with Crippen LogP contribution >= 0.6 is 0 Å². The minimum atomic E-state index is -0.617. The second-order valence-corrected chi connectivity index (χ2v) is 28.9. The molecule has 6 aliphatic rings. The van der Waals surface area contributed by atoms with Crippen LogP contribution in [-0.4, -0.2) is 6.04 Å². The predicted molar refractivity (Wildman–Crippen MR) is 345 cm³/mol. The second kappa shape index (κ2) is 17.9. The zero-order valence-electron chi connectivity index (χ0n) is 50.8. The van der Waals surface area contributed by atoms with E-state index in [1.807, 2.05) is 0 Å². The van der Waals surface area contributed by atoms with E-state index in [1.165, 1.54) is 123 Å². The number of ether oxygens (including phenoxy) is 1. The number of rotatable bonds is 4. The summed E-state index contributed by atoms with van der Waals surface area (Å²) in [5.41, 5.74) is 27.7. The van der Waals surface area contributed by atoms with E-state index < -0.39 is 10.8 Å². The molecule has 4 atom stereocenters. The minimum absolute atomic E-state index is 0.0120. The van der Waals surface area contributed by atoms with Gasteiger partial charge in [-0.15, -0.1) is 0 Å². The highest BCUT2D eigenvalue weighted by Crippen LogP contribution is 2.68. The van der Waals surface area contributed by atoms with Gasteiger partial charge in [0.15, 0.2) is 0 Å². The third kappa shape index (κ3) is 7.44. The molecule has 0 saturated carbocycles. The Bertz CT molecular complexity index is 4060. The lowest BCUT2D eigenvalue weighted by Gasteiger charge is -2.45. The van der Waals surface area contributed by atoms with E-state index in [1.54, 1.807) is 0 Å². The monoisotopic (exact) mass is 1070 g/mol. The zero-order chi connectivity index (χ0) is 57.2. The third-order valence-electron chi connectivity index (χ3n) is 19.7. The molecular formula is C80H79NO. The van der Waals surface area contributed by atoms with Crippen molar-refractivity contribution in [2.24, 2.45) is 17.3 Å². The van der Waals surface area contributed by atoms with Crippen molar-refractivity contribution in [3.05, 3.63) is 272 Å². The SMILES string of the molecule is CC1CC(C(C)(C)C)=CC2=C1Oc1ccc(C(C)(C)C)cc1C21c2ccccc2-c2c(-c3ccccc3N(c3ccccc3)C3C=C4C(=CC3C)c3ccccc3C43c4cc(C(C)(C)C)ccc4-c4ccc(C(C)(C)C)cc43)cccc21. The van der Waals surface area contributed by atoms with Gasteiger partial charge in [0.05, 0.1) is 16.9 Å². The summed E-state index contributed by atoms with van der Waals surface area (Å²) in [7, 11) is 0. The van der Waals surface area contributed by atoms with Gasteiger partial charge in [-0.3, -0.25) is 0 Å². The van der Waals surface area contributed by atoms with Crippen LogP contribution in [0.1, 0.15) is 159 Å². The summed E-state index contributed by atoms with van der Waals surface area (Å²) in [5, 5.41) is 0. The van der Waals surface area contributed by atoms with Crippen molar-refractivity contribution in [1.82, 2.24) is 0 Å². The first kappa shape index (κ1) is 52.4. The lowest BCUT2D eigenvalue weighted by Crippen LogP contribution is -2.38. The predicted octanol–water partition coefficient (Wildman–Crippen LogP) is 20.7. The third-order valence-corrected chi connectivity index (χ3v) is 19.7. The van der Waals surface area contributed by atoms with Crippen molar-refractivity contribution >= 4 is 16.9 Å². The molecule has 2 spiro atoms. The van der Waals surface area contributed by atoms with Crippen molar-refractivity contribution in [1.29, 1.82) is 0 Å². The second-order valence-electron chi connectivity index (χ2n) is 28.9. The van der Waals surface area contributed by atoms with E-state index >= 15 is 0 Å². The van der Waals surface area contributed by atoms with E-state index in [9.17, 15) is 0 Å². The fourth-order valence-corrected chi connectivity index (χ4v) is 15.5. The molecule has 0 radical (unpaired) electrons. The molecule has 0 amide bonds. The maximum absolute atomic E-state index is 7.27. The van der Waals surface area contributed by atoms with Crippen molar-refractivity contribution in [2.75, 3.05) is 4.90 Å². The molecule has 1 heterocycles. The van der Waals surface area contributed by atoms with E-state index in [0.29, 0.717) is 0 Å². The van der Waals surface area contributed by atoms with Crippen LogP contribution in [0.15, 0.2) is 217 Å². The van der Waals surface area contributed by atoms with Crippen LogP contribution in [0.4, 0.5) is 11.4 Å². The van der Waals surface area contributed by atoms with Gasteiger partial charge in [-0.2, -0.15) is 0 Å². The average molecular weight is 1070 g/mol. The number of hydrogen-bond acceptors (Lipinski definition) is 2. The average Bonchev–Trinajstić information content (AvgIpc) is 1.64. The molecule has 0 saturated heterocycles. The van der Waals surface area contributed by atoms with Gasteiger partial charge in [-0.25, -0.2) is 0 Å². The topological polar surface area (TPSA) is 12.5 Å². The summed E-state index contributed by atoms with van der Waals surface area (Å²) >= 11 is 0. The number of para-hydroxylation sites is 2. The van der Waals surface area contributed by atoms with Gasteiger partial charge in [-0.1, -0.05) is 266 Å². The summed E-state index contributed by atoms with van der Waals surface area (Å²) in [6.07, 6.45) is 8.89. The largest absolute Gasteiger partial charge is 0.461 e. The van der Waals surface area contributed by atoms with Gasteiger partial charge in [0.25, 0.3) is 0 Å². The van der Waals surface area contributed by atoms with Crippen LogP contribution in [0.5, 0.6) is 5.75 Å². The first-order valence-electron chi connectivity index (χ1n) is 30.3. The fraction of sp³-hybridized carbons (Fsp3) is 0.300. The van der Waals surface area contributed by atoms with Crippen molar-refractivity contribution in [3.8, 4) is 39.1 Å². The van der Waals surface area contributed by atoms with Crippen LogP contribution in [0.3, 0.4) is 0 Å². The lowest BCUT2D eigenvalue weighted by molar-refractivity contribution is 0.307. The lowest BCUT2D eigenvalue weighted by atomic mass is 9.61. The molecular weight excluding hydrogens is 991 g/mol. The van der Waals surface area contributed by atoms with Gasteiger partial charge < -0.3 is 9.64 Å². The normalized spacial score (nSPS) is 20.8. The molecule has 2 heteroatoms. The van der Waals surface area contributed by atoms with E-state index in [4.69, 9.17) is 4.74 Å². The molecule has 0 N–H and O–H groups in total. The van der Waals surface area contributed by atoms with Crippen LogP contribution in [0, 0.1) is 17.3 Å². The summed E-state index contributed by atoms with van der Waals surface area (Å²) in [4.78, 5) is 2.70. The van der Waals surface area contributed by atoms with Crippen molar-refractivity contribution in [3.63, 3.8) is 0 Å². The molecule has 5 aliphatic carbocycles. The molecule has 8 aromatic carbocycles. The van der Waals surface area contributed by atoms with Gasteiger partial charge >= 0.3 is 0 Å². The maximum Gasteiger partial charge on any atom is 0.131 e. The zero-order valence-corrected chi connectivity index (χ0v) is 50.8. The van der Waals surface area contributed by atoms with Crippen LogP contribution in [0.25, 0.3) is 39.0 Å². The standard InChI is InChI=1S/C80H79NO/c1-48-42-61-55-27-18-21-31-62(55)80(65-43-50(75(3,4)5)35-38-56(65)57-39-36-51(44-66(57)80)76(6,7)8)67(61)47-71(48)81(54-25-16-15-17-26-54)70-34-23-20-28-58(70)59-30-24-33-64-73(59)60-29-19-22-32-63(60)79(64)68-45-52(77(9,10)11)37-40-72(68)82-74-49(2)41-53(46-69(74)79)78(12,13)14/h15-40,42-49,71H,41H2,1-14H3. The van der Waals surface area contributed by atoms with Crippen molar-refractivity contribution in [2.45, 2.75) is 136 Å². The highest BCUT2D eigenvalue weighted by Gasteiger charge is 2.57. The quantitative estimate of drug-likeness (QED) is 0.174. The summed E-state index contributed by atoms with van der Waals surface area (Å²) in [6, 6.07) is 68.3. The number of hydrogen-bond donors (Lipinski definition) is 0. The first-order chi connectivity index (χ1) is 39.0. The molecule has 410 valence electrons. The molecule has 0 bridgehead atoms. The maximum atomic E-state index is 7.27. The van der Waals surface area contributed by atoms with Gasteiger partial charge in [0, 0.05) is 34.0 Å². The minimum Gasteiger partial charge on any atom is -0.461 e. The number of anilines is 2. The Morgan fingerprint density at radius 2 is 0.963 bits per heavy atom. The van der Waals surface area contributed by atoms with Crippen molar-refractivity contribution < 1.29 is 4.74 Å². The first-order valence-corrected chi connectivity index (χ1v) is 30.3. The molecule has 0 fully saturated rings. The Balaban J connectivity index is 1.03. The Kier molecular flexibility index (Phi) is 11.4. The van der Waals surface area contributed by atoms with Crippen LogP contribution in [0.2, 0.25) is 0 Å². The van der Waals surface area contributed by atoms with Gasteiger partial charge in [0.1, 0.15) is 11.5 Å². The molecule has 14 rings (SSSR count). The Labute approximate surface area is 489 Å².